The lowest BCUT2D eigenvalue weighted by atomic mass is 9.94. The van der Waals surface area contributed by atoms with Crippen LogP contribution in [0.3, 0.4) is 0 Å². The zero-order chi connectivity index (χ0) is 13.3. The van der Waals surface area contributed by atoms with Crippen molar-refractivity contribution < 1.29 is 9.66 Å². The van der Waals surface area contributed by atoms with Crippen LogP contribution in [0.15, 0.2) is 12.3 Å². The zero-order valence-electron chi connectivity index (χ0n) is 10.8. The number of rotatable bonds is 3. The largest absolute Gasteiger partial charge is 0.376 e. The Labute approximate surface area is 106 Å². The fourth-order valence-corrected chi connectivity index (χ4v) is 2.14. The summed E-state index contributed by atoms with van der Waals surface area (Å²) >= 11 is 0. The predicted octanol–water partition coefficient (Wildman–Crippen LogP) is 2.28. The van der Waals surface area contributed by atoms with E-state index in [0.717, 1.165) is 6.42 Å². The van der Waals surface area contributed by atoms with Crippen LogP contribution < -0.4 is 5.32 Å². The molecule has 2 rings (SSSR count). The molecule has 0 spiro atoms. The van der Waals surface area contributed by atoms with Crippen molar-refractivity contribution in [1.82, 2.24) is 4.98 Å². The first-order chi connectivity index (χ1) is 8.44. The van der Waals surface area contributed by atoms with Crippen molar-refractivity contribution >= 4 is 11.5 Å². The molecule has 18 heavy (non-hydrogen) atoms. The van der Waals surface area contributed by atoms with Gasteiger partial charge in [0.2, 0.25) is 5.82 Å². The molecular weight excluding hydrogens is 234 g/mol. The number of aryl methyl sites for hydroxylation is 1. The highest BCUT2D eigenvalue weighted by atomic mass is 16.6. The highest BCUT2D eigenvalue weighted by Gasteiger charge is 2.38. The van der Waals surface area contributed by atoms with Crippen LogP contribution in [0.1, 0.15) is 25.8 Å². The Morgan fingerprint density at radius 2 is 2.39 bits per heavy atom. The summed E-state index contributed by atoms with van der Waals surface area (Å²) in [6, 6.07) is 1.64. The SMILES string of the molecule is Cc1ccnc(NC2(C)CCOC2C)c1[N+](=O)[O-]. The zero-order valence-corrected chi connectivity index (χ0v) is 10.8. The Hall–Kier alpha value is -1.69. The van der Waals surface area contributed by atoms with Gasteiger partial charge in [-0.25, -0.2) is 4.98 Å². The van der Waals surface area contributed by atoms with Crippen LogP contribution in [0, 0.1) is 17.0 Å². The van der Waals surface area contributed by atoms with Crippen molar-refractivity contribution in [3.63, 3.8) is 0 Å². The van der Waals surface area contributed by atoms with Gasteiger partial charge >= 0.3 is 5.69 Å². The Kier molecular flexibility index (Phi) is 3.21. The van der Waals surface area contributed by atoms with Gasteiger partial charge in [0.15, 0.2) is 0 Å². The number of hydrogen-bond donors (Lipinski definition) is 1. The summed E-state index contributed by atoms with van der Waals surface area (Å²) < 4.78 is 5.51. The van der Waals surface area contributed by atoms with Gasteiger partial charge in [-0.05, 0) is 33.3 Å². The van der Waals surface area contributed by atoms with Crippen molar-refractivity contribution in [1.29, 1.82) is 0 Å². The Balaban J connectivity index is 2.35. The quantitative estimate of drug-likeness (QED) is 0.658. The van der Waals surface area contributed by atoms with Crippen LogP contribution in [-0.2, 0) is 4.74 Å². The second-order valence-electron chi connectivity index (χ2n) is 4.89. The van der Waals surface area contributed by atoms with E-state index >= 15 is 0 Å². The van der Waals surface area contributed by atoms with Gasteiger partial charge in [-0.1, -0.05) is 0 Å². The summed E-state index contributed by atoms with van der Waals surface area (Å²) in [7, 11) is 0. The van der Waals surface area contributed by atoms with Crippen LogP contribution in [0.4, 0.5) is 11.5 Å². The molecule has 0 amide bonds. The molecule has 1 N–H and O–H groups in total. The van der Waals surface area contributed by atoms with E-state index in [-0.39, 0.29) is 17.3 Å². The molecule has 6 nitrogen and oxygen atoms in total. The fourth-order valence-electron chi connectivity index (χ4n) is 2.14. The van der Waals surface area contributed by atoms with Gasteiger partial charge in [-0.2, -0.15) is 0 Å². The normalized spacial score (nSPS) is 27.2. The molecule has 2 atom stereocenters. The summed E-state index contributed by atoms with van der Waals surface area (Å²) in [6.45, 7) is 6.33. The summed E-state index contributed by atoms with van der Waals surface area (Å²) in [5, 5.41) is 14.3. The predicted molar refractivity (Wildman–Crippen MR) is 67.7 cm³/mol. The van der Waals surface area contributed by atoms with Crippen molar-refractivity contribution in [3.05, 3.63) is 27.9 Å². The summed E-state index contributed by atoms with van der Waals surface area (Å²) in [5.41, 5.74) is 0.330. The van der Waals surface area contributed by atoms with Gasteiger partial charge < -0.3 is 10.1 Å². The molecule has 0 aliphatic carbocycles. The molecular formula is C12H17N3O3. The van der Waals surface area contributed by atoms with Crippen molar-refractivity contribution in [2.45, 2.75) is 38.8 Å². The minimum absolute atomic E-state index is 0.000540. The van der Waals surface area contributed by atoms with Gasteiger partial charge in [-0.3, -0.25) is 10.1 Å². The van der Waals surface area contributed by atoms with E-state index in [0.29, 0.717) is 18.0 Å². The topological polar surface area (TPSA) is 77.3 Å². The maximum absolute atomic E-state index is 11.1. The third kappa shape index (κ3) is 2.15. The van der Waals surface area contributed by atoms with Crippen molar-refractivity contribution in [2.75, 3.05) is 11.9 Å². The molecule has 1 aromatic heterocycles. The van der Waals surface area contributed by atoms with Gasteiger partial charge in [0.1, 0.15) is 0 Å². The molecule has 2 heterocycles. The molecule has 2 unspecified atom stereocenters. The first kappa shape index (κ1) is 12.8. The molecule has 1 aliphatic heterocycles. The third-order valence-electron chi connectivity index (χ3n) is 3.60. The molecule has 0 aromatic carbocycles. The first-order valence-electron chi connectivity index (χ1n) is 5.94. The Bertz CT molecular complexity index is 478. The number of hydrogen-bond acceptors (Lipinski definition) is 5. The van der Waals surface area contributed by atoms with Crippen LogP contribution in [0.5, 0.6) is 0 Å². The van der Waals surface area contributed by atoms with Gasteiger partial charge in [0.25, 0.3) is 0 Å². The third-order valence-corrected chi connectivity index (χ3v) is 3.60. The standard InChI is InChI=1S/C12H17N3O3/c1-8-4-6-13-11(10(8)15(16)17)14-12(3)5-7-18-9(12)2/h4,6,9H,5,7H2,1-3H3,(H,13,14). The van der Waals surface area contributed by atoms with Gasteiger partial charge in [-0.15, -0.1) is 0 Å². The monoisotopic (exact) mass is 251 g/mol. The second-order valence-corrected chi connectivity index (χ2v) is 4.89. The summed E-state index contributed by atoms with van der Waals surface area (Å²) in [4.78, 5) is 14.8. The number of nitro groups is 1. The molecule has 98 valence electrons. The van der Waals surface area contributed by atoms with E-state index in [4.69, 9.17) is 4.74 Å². The Morgan fingerprint density at radius 1 is 1.67 bits per heavy atom. The number of nitrogens with one attached hydrogen (secondary N) is 1. The van der Waals surface area contributed by atoms with E-state index in [1.807, 2.05) is 13.8 Å². The molecule has 6 heteroatoms. The lowest BCUT2D eigenvalue weighted by Crippen LogP contribution is -2.41. The molecule has 0 radical (unpaired) electrons. The van der Waals surface area contributed by atoms with Crippen molar-refractivity contribution in [3.8, 4) is 0 Å². The van der Waals surface area contributed by atoms with Crippen LogP contribution >= 0.6 is 0 Å². The van der Waals surface area contributed by atoms with E-state index < -0.39 is 4.92 Å². The molecule has 0 saturated carbocycles. The number of aromatic nitrogens is 1. The highest BCUT2D eigenvalue weighted by molar-refractivity contribution is 5.61. The number of ether oxygens (including phenoxy) is 1. The highest BCUT2D eigenvalue weighted by Crippen LogP contribution is 2.33. The molecule has 1 fully saturated rings. The van der Waals surface area contributed by atoms with E-state index in [1.165, 1.54) is 0 Å². The molecule has 1 saturated heterocycles. The van der Waals surface area contributed by atoms with Crippen molar-refractivity contribution in [2.24, 2.45) is 0 Å². The maximum Gasteiger partial charge on any atom is 0.314 e. The number of anilines is 1. The average Bonchev–Trinajstić information content (AvgIpc) is 2.58. The van der Waals surface area contributed by atoms with Crippen LogP contribution in [0.25, 0.3) is 0 Å². The minimum Gasteiger partial charge on any atom is -0.376 e. The first-order valence-corrected chi connectivity index (χ1v) is 5.94. The van der Waals surface area contributed by atoms with Gasteiger partial charge in [0.05, 0.1) is 16.6 Å². The minimum atomic E-state index is -0.394. The fraction of sp³-hybridized carbons (Fsp3) is 0.583. The summed E-state index contributed by atoms with van der Waals surface area (Å²) in [5.74, 6) is 0.319. The molecule has 1 aromatic rings. The lowest BCUT2D eigenvalue weighted by molar-refractivity contribution is -0.384. The smallest absolute Gasteiger partial charge is 0.314 e. The maximum atomic E-state index is 11.1. The number of pyridine rings is 1. The van der Waals surface area contributed by atoms with E-state index in [9.17, 15) is 10.1 Å². The number of nitrogens with zero attached hydrogens (tertiary/aromatic N) is 2. The van der Waals surface area contributed by atoms with Crippen LogP contribution in [0.2, 0.25) is 0 Å². The molecule has 1 aliphatic rings. The molecule has 0 bridgehead atoms. The van der Waals surface area contributed by atoms with Crippen LogP contribution in [-0.4, -0.2) is 28.2 Å². The van der Waals surface area contributed by atoms with Gasteiger partial charge in [0, 0.05) is 18.4 Å². The van der Waals surface area contributed by atoms with E-state index in [1.54, 1.807) is 19.2 Å². The van der Waals surface area contributed by atoms with E-state index in [2.05, 4.69) is 10.3 Å². The summed E-state index contributed by atoms with van der Waals surface area (Å²) in [6.07, 6.45) is 2.38. The lowest BCUT2D eigenvalue weighted by Gasteiger charge is -2.29. The average molecular weight is 251 g/mol. The second kappa shape index (κ2) is 4.53. The Morgan fingerprint density at radius 3 is 2.94 bits per heavy atom.